The summed E-state index contributed by atoms with van der Waals surface area (Å²) in [6.07, 6.45) is 1.53. The first-order valence-electron chi connectivity index (χ1n) is 6.86. The third-order valence-corrected chi connectivity index (χ3v) is 3.33. The zero-order chi connectivity index (χ0) is 16.4. The number of hydrogen-bond donors (Lipinski definition) is 3. The largest absolute Gasteiger partial charge is 0.478 e. The number of aryl methyl sites for hydroxylation is 1. The molecule has 0 saturated carbocycles. The van der Waals surface area contributed by atoms with Crippen molar-refractivity contribution in [3.8, 4) is 0 Å². The van der Waals surface area contributed by atoms with Crippen LogP contribution in [-0.2, 0) is 7.05 Å². The molecule has 0 aliphatic rings. The SMILES string of the molecule is Cn1cnc2cc(NC(=O)Nc3ccccc3)cc(C(=O)O)c21. The monoisotopic (exact) mass is 310 g/mol. The summed E-state index contributed by atoms with van der Waals surface area (Å²) >= 11 is 0. The summed E-state index contributed by atoms with van der Waals surface area (Å²) in [6.45, 7) is 0. The number of carbonyl (C=O) groups excluding carboxylic acids is 1. The van der Waals surface area contributed by atoms with Gasteiger partial charge in [0, 0.05) is 18.4 Å². The van der Waals surface area contributed by atoms with Crippen molar-refractivity contribution in [2.45, 2.75) is 0 Å². The van der Waals surface area contributed by atoms with Gasteiger partial charge in [-0.1, -0.05) is 18.2 Å². The highest BCUT2D eigenvalue weighted by atomic mass is 16.4. The van der Waals surface area contributed by atoms with Crippen LogP contribution in [0.4, 0.5) is 16.2 Å². The van der Waals surface area contributed by atoms with Crippen molar-refractivity contribution in [2.75, 3.05) is 10.6 Å². The number of rotatable bonds is 3. The summed E-state index contributed by atoms with van der Waals surface area (Å²) in [5.41, 5.74) is 2.09. The van der Waals surface area contributed by atoms with Crippen LogP contribution in [-0.4, -0.2) is 26.7 Å². The number of para-hydroxylation sites is 1. The molecule has 2 aromatic carbocycles. The first-order valence-corrected chi connectivity index (χ1v) is 6.86. The van der Waals surface area contributed by atoms with Crippen molar-refractivity contribution in [1.29, 1.82) is 0 Å². The Kier molecular flexibility index (Phi) is 3.68. The lowest BCUT2D eigenvalue weighted by Gasteiger charge is -2.09. The second kappa shape index (κ2) is 5.80. The van der Waals surface area contributed by atoms with Gasteiger partial charge in [0.05, 0.1) is 22.9 Å². The fourth-order valence-electron chi connectivity index (χ4n) is 2.34. The van der Waals surface area contributed by atoms with Crippen LogP contribution in [0.5, 0.6) is 0 Å². The number of urea groups is 1. The number of amides is 2. The summed E-state index contributed by atoms with van der Waals surface area (Å²) < 4.78 is 1.63. The van der Waals surface area contributed by atoms with Crippen molar-refractivity contribution in [1.82, 2.24) is 9.55 Å². The van der Waals surface area contributed by atoms with E-state index in [0.717, 1.165) is 0 Å². The zero-order valence-corrected chi connectivity index (χ0v) is 12.3. The fraction of sp³-hybridized carbons (Fsp3) is 0.0625. The van der Waals surface area contributed by atoms with Gasteiger partial charge in [0.2, 0.25) is 0 Å². The fourth-order valence-corrected chi connectivity index (χ4v) is 2.34. The number of nitrogens with zero attached hydrogens (tertiary/aromatic N) is 2. The molecule has 23 heavy (non-hydrogen) atoms. The third-order valence-electron chi connectivity index (χ3n) is 3.33. The highest BCUT2D eigenvalue weighted by Crippen LogP contribution is 2.23. The van der Waals surface area contributed by atoms with E-state index in [2.05, 4.69) is 15.6 Å². The molecule has 0 radical (unpaired) electrons. The average Bonchev–Trinajstić information content (AvgIpc) is 2.88. The molecule has 0 saturated heterocycles. The van der Waals surface area contributed by atoms with Crippen LogP contribution in [0.3, 0.4) is 0 Å². The summed E-state index contributed by atoms with van der Waals surface area (Å²) in [5.74, 6) is -1.08. The van der Waals surface area contributed by atoms with E-state index in [1.54, 1.807) is 41.9 Å². The van der Waals surface area contributed by atoms with Gasteiger partial charge in [0.25, 0.3) is 0 Å². The van der Waals surface area contributed by atoms with E-state index in [0.29, 0.717) is 22.4 Å². The van der Waals surface area contributed by atoms with Gasteiger partial charge in [-0.05, 0) is 24.3 Å². The molecule has 3 aromatic rings. The van der Waals surface area contributed by atoms with Crippen molar-refractivity contribution >= 4 is 34.4 Å². The number of anilines is 2. The molecule has 0 aliphatic heterocycles. The van der Waals surface area contributed by atoms with Gasteiger partial charge in [-0.15, -0.1) is 0 Å². The van der Waals surface area contributed by atoms with E-state index in [1.165, 1.54) is 12.4 Å². The molecule has 7 nitrogen and oxygen atoms in total. The molecule has 116 valence electrons. The maximum absolute atomic E-state index is 12.0. The molecule has 0 bridgehead atoms. The van der Waals surface area contributed by atoms with E-state index in [1.807, 2.05) is 6.07 Å². The molecule has 7 heteroatoms. The quantitative estimate of drug-likeness (QED) is 0.693. The van der Waals surface area contributed by atoms with Crippen LogP contribution in [0.25, 0.3) is 11.0 Å². The Morgan fingerprint density at radius 3 is 2.48 bits per heavy atom. The second-order valence-electron chi connectivity index (χ2n) is 5.00. The Labute approximate surface area is 131 Å². The van der Waals surface area contributed by atoms with Crippen LogP contribution < -0.4 is 10.6 Å². The van der Waals surface area contributed by atoms with Gasteiger partial charge in [-0.2, -0.15) is 0 Å². The van der Waals surface area contributed by atoms with E-state index < -0.39 is 12.0 Å². The standard InChI is InChI=1S/C16H14N4O3/c1-20-9-17-13-8-11(7-12(14(13)20)15(21)22)19-16(23)18-10-5-3-2-4-6-10/h2-9H,1H3,(H,21,22)(H2,18,19,23). The number of aromatic carboxylic acids is 1. The van der Waals surface area contributed by atoms with Crippen molar-refractivity contribution in [2.24, 2.45) is 7.05 Å². The molecule has 0 unspecified atom stereocenters. The summed E-state index contributed by atoms with van der Waals surface area (Å²) in [4.78, 5) is 27.6. The lowest BCUT2D eigenvalue weighted by Crippen LogP contribution is -2.19. The number of aromatic nitrogens is 2. The minimum absolute atomic E-state index is 0.0810. The number of carboxylic acid groups (broad SMARTS) is 1. The highest BCUT2D eigenvalue weighted by Gasteiger charge is 2.15. The van der Waals surface area contributed by atoms with Crippen molar-refractivity contribution < 1.29 is 14.7 Å². The van der Waals surface area contributed by atoms with Gasteiger partial charge in [-0.25, -0.2) is 14.6 Å². The van der Waals surface area contributed by atoms with Crippen LogP contribution in [0.2, 0.25) is 0 Å². The van der Waals surface area contributed by atoms with Gasteiger partial charge in [0.15, 0.2) is 0 Å². The van der Waals surface area contributed by atoms with Crippen LogP contribution in [0.1, 0.15) is 10.4 Å². The summed E-state index contributed by atoms with van der Waals surface area (Å²) in [5, 5.41) is 14.6. The Morgan fingerprint density at radius 1 is 1.09 bits per heavy atom. The van der Waals surface area contributed by atoms with Crippen LogP contribution >= 0.6 is 0 Å². The first kappa shape index (κ1) is 14.6. The molecule has 0 spiro atoms. The maximum Gasteiger partial charge on any atom is 0.337 e. The predicted molar refractivity (Wildman–Crippen MR) is 86.8 cm³/mol. The lowest BCUT2D eigenvalue weighted by atomic mass is 10.1. The smallest absolute Gasteiger partial charge is 0.337 e. The molecule has 1 aromatic heterocycles. The summed E-state index contributed by atoms with van der Waals surface area (Å²) in [6, 6.07) is 11.5. The molecule has 3 N–H and O–H groups in total. The van der Waals surface area contributed by atoms with Gasteiger partial charge in [0.1, 0.15) is 0 Å². The third kappa shape index (κ3) is 2.98. The minimum atomic E-state index is -1.08. The zero-order valence-electron chi connectivity index (χ0n) is 12.3. The molecule has 1 heterocycles. The molecule has 0 fully saturated rings. The molecule has 0 atom stereocenters. The number of carbonyl (C=O) groups is 2. The Bertz CT molecular complexity index is 887. The van der Waals surface area contributed by atoms with Crippen molar-refractivity contribution in [3.63, 3.8) is 0 Å². The van der Waals surface area contributed by atoms with Gasteiger partial charge in [-0.3, -0.25) is 0 Å². The average molecular weight is 310 g/mol. The highest BCUT2D eigenvalue weighted by molar-refractivity contribution is 6.06. The molecule has 0 aliphatic carbocycles. The number of benzene rings is 2. The molecule has 3 rings (SSSR count). The van der Waals surface area contributed by atoms with E-state index in [4.69, 9.17) is 0 Å². The Balaban J connectivity index is 1.88. The minimum Gasteiger partial charge on any atom is -0.478 e. The second-order valence-corrected chi connectivity index (χ2v) is 5.00. The van der Waals surface area contributed by atoms with E-state index >= 15 is 0 Å². The number of fused-ring (bicyclic) bond motifs is 1. The van der Waals surface area contributed by atoms with E-state index in [9.17, 15) is 14.7 Å². The number of nitrogens with one attached hydrogen (secondary N) is 2. The normalized spacial score (nSPS) is 10.5. The molecular weight excluding hydrogens is 296 g/mol. The Morgan fingerprint density at radius 2 is 1.78 bits per heavy atom. The van der Waals surface area contributed by atoms with Gasteiger partial charge < -0.3 is 20.3 Å². The first-order chi connectivity index (χ1) is 11.0. The van der Waals surface area contributed by atoms with Gasteiger partial charge >= 0.3 is 12.0 Å². The predicted octanol–water partition coefficient (Wildman–Crippen LogP) is 2.92. The lowest BCUT2D eigenvalue weighted by molar-refractivity contribution is 0.0698. The van der Waals surface area contributed by atoms with Crippen LogP contribution in [0, 0.1) is 0 Å². The Hall–Kier alpha value is -3.35. The van der Waals surface area contributed by atoms with Crippen LogP contribution in [0.15, 0.2) is 48.8 Å². The maximum atomic E-state index is 12.0. The topological polar surface area (TPSA) is 96.3 Å². The van der Waals surface area contributed by atoms with Crippen molar-refractivity contribution in [3.05, 3.63) is 54.4 Å². The number of hydrogen-bond acceptors (Lipinski definition) is 3. The summed E-state index contributed by atoms with van der Waals surface area (Å²) in [7, 11) is 1.72. The number of imidazole rings is 1. The van der Waals surface area contributed by atoms with E-state index in [-0.39, 0.29) is 5.56 Å². The molecule has 2 amide bonds. The number of carboxylic acids is 1. The molecular formula is C16H14N4O3.